The maximum atomic E-state index is 12.8. The Labute approximate surface area is 150 Å². The average molecular weight is 368 g/mol. The third-order valence-corrected chi connectivity index (χ3v) is 5.41. The minimum absolute atomic E-state index is 0.0934. The van der Waals surface area contributed by atoms with Crippen LogP contribution in [0, 0.1) is 0 Å². The fraction of sp³-hybridized carbons (Fsp3) is 0.0588. The van der Waals surface area contributed by atoms with E-state index in [4.69, 9.17) is 0 Å². The van der Waals surface area contributed by atoms with Gasteiger partial charge in [0.1, 0.15) is 11.4 Å². The van der Waals surface area contributed by atoms with Gasteiger partial charge in [-0.3, -0.25) is 19.1 Å². The van der Waals surface area contributed by atoms with E-state index < -0.39 is 0 Å². The number of rotatable bonds is 4. The average Bonchev–Trinajstić information content (AvgIpc) is 3.27. The monoisotopic (exact) mass is 368 g/mol. The summed E-state index contributed by atoms with van der Waals surface area (Å²) in [7, 11) is 0. The molecule has 6 nitrogen and oxygen atoms in total. The lowest BCUT2D eigenvalue weighted by molar-refractivity contribution is -0.116. The molecule has 4 aromatic heterocycles. The molecule has 4 rings (SSSR count). The Hall–Kier alpha value is -2.84. The third-order valence-electron chi connectivity index (χ3n) is 3.63. The van der Waals surface area contributed by atoms with Crippen molar-refractivity contribution < 1.29 is 4.79 Å². The molecule has 0 spiro atoms. The number of nitrogens with one attached hydrogen (secondary N) is 1. The van der Waals surface area contributed by atoms with Gasteiger partial charge in [0.05, 0.1) is 11.7 Å². The Kier molecular flexibility index (Phi) is 4.12. The molecule has 0 aliphatic carbocycles. The first-order chi connectivity index (χ1) is 12.2. The van der Waals surface area contributed by atoms with Gasteiger partial charge in [-0.25, -0.2) is 4.98 Å². The van der Waals surface area contributed by atoms with Gasteiger partial charge in [0.25, 0.3) is 5.56 Å². The van der Waals surface area contributed by atoms with Crippen LogP contribution >= 0.6 is 22.7 Å². The number of carbonyl (C=O) groups is 1. The van der Waals surface area contributed by atoms with Crippen LogP contribution < -0.4 is 10.9 Å². The molecule has 4 aromatic rings. The summed E-state index contributed by atoms with van der Waals surface area (Å²) in [6.07, 6.45) is 4.60. The van der Waals surface area contributed by atoms with Crippen LogP contribution in [0.25, 0.3) is 20.7 Å². The Morgan fingerprint density at radius 1 is 1.20 bits per heavy atom. The van der Waals surface area contributed by atoms with E-state index in [1.54, 1.807) is 35.9 Å². The van der Waals surface area contributed by atoms with E-state index in [9.17, 15) is 9.59 Å². The van der Waals surface area contributed by atoms with Crippen LogP contribution in [-0.4, -0.2) is 20.4 Å². The zero-order chi connectivity index (χ0) is 17.2. The van der Waals surface area contributed by atoms with Crippen molar-refractivity contribution in [3.05, 3.63) is 64.1 Å². The van der Waals surface area contributed by atoms with Gasteiger partial charge >= 0.3 is 0 Å². The lowest BCUT2D eigenvalue weighted by Gasteiger charge is -2.07. The molecule has 0 bridgehead atoms. The maximum absolute atomic E-state index is 12.8. The number of anilines is 1. The third kappa shape index (κ3) is 3.09. The normalized spacial score (nSPS) is 10.9. The van der Waals surface area contributed by atoms with E-state index in [0.717, 1.165) is 10.4 Å². The van der Waals surface area contributed by atoms with Gasteiger partial charge in [0, 0.05) is 33.9 Å². The van der Waals surface area contributed by atoms with Crippen LogP contribution in [-0.2, 0) is 11.3 Å². The smallest absolute Gasteiger partial charge is 0.263 e. The van der Waals surface area contributed by atoms with E-state index in [0.29, 0.717) is 15.9 Å². The van der Waals surface area contributed by atoms with Gasteiger partial charge in [-0.05, 0) is 23.6 Å². The predicted molar refractivity (Wildman–Crippen MR) is 100 cm³/mol. The highest BCUT2D eigenvalue weighted by Crippen LogP contribution is 2.33. The minimum Gasteiger partial charge on any atom is -0.324 e. The number of hydrogen-bond donors (Lipinski definition) is 1. The minimum atomic E-state index is -0.289. The molecular formula is C17H12N4O2S2. The zero-order valence-electron chi connectivity index (χ0n) is 12.9. The quantitative estimate of drug-likeness (QED) is 0.600. The number of carbonyl (C=O) groups excluding carboxylic acids is 1. The Morgan fingerprint density at radius 3 is 2.80 bits per heavy atom. The van der Waals surface area contributed by atoms with Crippen LogP contribution in [0.15, 0.2) is 58.5 Å². The van der Waals surface area contributed by atoms with E-state index in [1.165, 1.54) is 22.2 Å². The molecule has 0 radical (unpaired) electrons. The SMILES string of the molecule is O=C(Cn1cnc2scc(-c3cccs3)c2c1=O)Nc1ccncc1. The maximum Gasteiger partial charge on any atom is 0.263 e. The van der Waals surface area contributed by atoms with E-state index in [1.807, 2.05) is 22.9 Å². The van der Waals surface area contributed by atoms with E-state index in [2.05, 4.69) is 15.3 Å². The van der Waals surface area contributed by atoms with Crippen molar-refractivity contribution in [2.75, 3.05) is 5.32 Å². The first-order valence-electron chi connectivity index (χ1n) is 7.43. The van der Waals surface area contributed by atoms with Gasteiger partial charge in [-0.2, -0.15) is 0 Å². The molecule has 8 heteroatoms. The second-order valence-corrected chi connectivity index (χ2v) is 7.07. The number of thiophene rings is 2. The number of amides is 1. The number of fused-ring (bicyclic) bond motifs is 1. The Balaban J connectivity index is 1.66. The van der Waals surface area contributed by atoms with Gasteiger partial charge < -0.3 is 5.32 Å². The summed E-state index contributed by atoms with van der Waals surface area (Å²) >= 11 is 3.00. The molecule has 124 valence electrons. The summed E-state index contributed by atoms with van der Waals surface area (Å²) in [6.45, 7) is -0.0934. The highest BCUT2D eigenvalue weighted by Gasteiger charge is 2.15. The predicted octanol–water partition coefficient (Wildman–Crippen LogP) is 3.22. The zero-order valence-corrected chi connectivity index (χ0v) is 14.5. The Morgan fingerprint density at radius 2 is 2.04 bits per heavy atom. The highest BCUT2D eigenvalue weighted by atomic mass is 32.1. The summed E-state index contributed by atoms with van der Waals surface area (Å²) in [5.41, 5.74) is 1.30. The molecule has 0 saturated carbocycles. The summed E-state index contributed by atoms with van der Waals surface area (Å²) < 4.78 is 1.34. The van der Waals surface area contributed by atoms with Crippen LogP contribution in [0.1, 0.15) is 0 Å². The Bertz CT molecular complexity index is 1080. The molecule has 0 fully saturated rings. The lowest BCUT2D eigenvalue weighted by atomic mass is 10.2. The number of aromatic nitrogens is 3. The van der Waals surface area contributed by atoms with Crippen molar-refractivity contribution in [1.29, 1.82) is 0 Å². The van der Waals surface area contributed by atoms with Gasteiger partial charge in [-0.1, -0.05) is 6.07 Å². The van der Waals surface area contributed by atoms with Gasteiger partial charge in [0.15, 0.2) is 0 Å². The topological polar surface area (TPSA) is 76.9 Å². The highest BCUT2D eigenvalue weighted by molar-refractivity contribution is 7.18. The van der Waals surface area contributed by atoms with Crippen LogP contribution in [0.2, 0.25) is 0 Å². The molecule has 0 saturated heterocycles. The number of nitrogens with zero attached hydrogens (tertiary/aromatic N) is 3. The van der Waals surface area contributed by atoms with Crippen LogP contribution in [0.5, 0.6) is 0 Å². The number of pyridine rings is 1. The molecule has 1 amide bonds. The summed E-state index contributed by atoms with van der Waals surface area (Å²) in [5.74, 6) is -0.289. The summed E-state index contributed by atoms with van der Waals surface area (Å²) in [5, 5.41) is 7.21. The largest absolute Gasteiger partial charge is 0.324 e. The summed E-state index contributed by atoms with van der Waals surface area (Å²) in [6, 6.07) is 7.30. The second kappa shape index (κ2) is 6.58. The molecule has 0 atom stereocenters. The van der Waals surface area contributed by atoms with Crippen molar-refractivity contribution in [3.63, 3.8) is 0 Å². The molecule has 0 aliphatic heterocycles. The molecule has 4 heterocycles. The van der Waals surface area contributed by atoms with Crippen LogP contribution in [0.3, 0.4) is 0 Å². The van der Waals surface area contributed by atoms with E-state index >= 15 is 0 Å². The molecule has 1 N–H and O–H groups in total. The molecular weight excluding hydrogens is 356 g/mol. The summed E-state index contributed by atoms with van der Waals surface area (Å²) in [4.78, 5) is 35.0. The fourth-order valence-electron chi connectivity index (χ4n) is 2.48. The van der Waals surface area contributed by atoms with Crippen LogP contribution in [0.4, 0.5) is 5.69 Å². The van der Waals surface area contributed by atoms with Crippen molar-refractivity contribution >= 4 is 44.5 Å². The van der Waals surface area contributed by atoms with Crippen molar-refractivity contribution in [2.24, 2.45) is 0 Å². The molecule has 25 heavy (non-hydrogen) atoms. The van der Waals surface area contributed by atoms with Crippen molar-refractivity contribution in [3.8, 4) is 10.4 Å². The standard InChI is InChI=1S/C17H12N4O2S2/c22-14(20-11-3-5-18-6-4-11)8-21-10-19-16-15(17(21)23)12(9-25-16)13-2-1-7-24-13/h1-7,9-10H,8H2,(H,18,20,22). The van der Waals surface area contributed by atoms with Gasteiger partial charge in [0.2, 0.25) is 5.91 Å². The van der Waals surface area contributed by atoms with Gasteiger partial charge in [-0.15, -0.1) is 22.7 Å². The first-order valence-corrected chi connectivity index (χ1v) is 9.19. The first kappa shape index (κ1) is 15.7. The fourth-order valence-corrected chi connectivity index (χ4v) is 4.20. The lowest BCUT2D eigenvalue weighted by Crippen LogP contribution is -2.27. The molecule has 0 unspecified atom stereocenters. The second-order valence-electron chi connectivity index (χ2n) is 5.27. The molecule has 0 aromatic carbocycles. The van der Waals surface area contributed by atoms with Crippen molar-refractivity contribution in [1.82, 2.24) is 14.5 Å². The number of hydrogen-bond acceptors (Lipinski definition) is 6. The molecule has 0 aliphatic rings. The van der Waals surface area contributed by atoms with Crippen molar-refractivity contribution in [2.45, 2.75) is 6.54 Å². The van der Waals surface area contributed by atoms with E-state index in [-0.39, 0.29) is 18.0 Å².